The summed E-state index contributed by atoms with van der Waals surface area (Å²) >= 11 is 3.28. The third kappa shape index (κ3) is 2.42. The van der Waals surface area contributed by atoms with Crippen molar-refractivity contribution in [2.24, 2.45) is 11.1 Å². The molecule has 2 aliphatic heterocycles. The second-order valence-electron chi connectivity index (χ2n) is 3.95. The lowest BCUT2D eigenvalue weighted by Crippen LogP contribution is -2.42. The monoisotopic (exact) mass is 276 g/mol. The van der Waals surface area contributed by atoms with E-state index in [4.69, 9.17) is 9.94 Å². The number of carboxylic acid groups (broad SMARTS) is 1. The van der Waals surface area contributed by atoms with Gasteiger partial charge in [0, 0.05) is 25.4 Å². The van der Waals surface area contributed by atoms with Crippen LogP contribution in [-0.2, 0) is 4.84 Å². The van der Waals surface area contributed by atoms with Gasteiger partial charge in [0.1, 0.15) is 10.7 Å². The van der Waals surface area contributed by atoms with Crippen LogP contribution in [-0.4, -0.2) is 39.9 Å². The van der Waals surface area contributed by atoms with Gasteiger partial charge < -0.3 is 14.8 Å². The van der Waals surface area contributed by atoms with Crippen molar-refractivity contribution < 1.29 is 14.7 Å². The largest absolute Gasteiger partial charge is 0.465 e. The molecule has 2 atom stereocenters. The van der Waals surface area contributed by atoms with Gasteiger partial charge in [-0.2, -0.15) is 0 Å². The molecule has 15 heavy (non-hydrogen) atoms. The molecule has 0 aliphatic carbocycles. The zero-order valence-electron chi connectivity index (χ0n) is 8.23. The summed E-state index contributed by atoms with van der Waals surface area (Å²) in [6, 6.07) is 0. The molecule has 0 spiro atoms. The summed E-state index contributed by atoms with van der Waals surface area (Å²) in [5.74, 6) is 0.272. The Labute approximate surface area is 96.2 Å². The van der Waals surface area contributed by atoms with Crippen LogP contribution in [0.1, 0.15) is 19.3 Å². The summed E-state index contributed by atoms with van der Waals surface area (Å²) in [6.45, 7) is 1.20. The Hall–Kier alpha value is -0.780. The lowest BCUT2D eigenvalue weighted by atomic mass is 9.91. The van der Waals surface area contributed by atoms with E-state index in [0.717, 1.165) is 23.9 Å². The Kier molecular flexibility index (Phi) is 3.14. The van der Waals surface area contributed by atoms with E-state index in [0.29, 0.717) is 13.1 Å². The third-order valence-corrected chi connectivity index (χ3v) is 3.38. The lowest BCUT2D eigenvalue weighted by Gasteiger charge is -2.32. The van der Waals surface area contributed by atoms with Crippen molar-refractivity contribution in [3.8, 4) is 0 Å². The van der Waals surface area contributed by atoms with E-state index < -0.39 is 6.09 Å². The number of hydrogen-bond donors (Lipinski definition) is 1. The van der Waals surface area contributed by atoms with Crippen LogP contribution in [0, 0.1) is 5.92 Å². The standard InChI is InChI=1S/C9H13BrN2O3/c10-8-4-7(15-11-8)6-2-1-3-12(5-6)9(13)14/h6-7H,1-5H2,(H,13,14)/t6-,7+/m0/s1. The van der Waals surface area contributed by atoms with Crippen LogP contribution < -0.4 is 0 Å². The Morgan fingerprint density at radius 1 is 1.67 bits per heavy atom. The molecule has 1 N–H and O–H groups in total. The molecule has 0 aromatic heterocycles. The smallest absolute Gasteiger partial charge is 0.407 e. The molecule has 0 saturated carbocycles. The fraction of sp³-hybridized carbons (Fsp3) is 0.778. The van der Waals surface area contributed by atoms with E-state index in [1.165, 1.54) is 4.90 Å². The van der Waals surface area contributed by atoms with Crippen molar-refractivity contribution in [2.75, 3.05) is 13.1 Å². The highest BCUT2D eigenvalue weighted by atomic mass is 79.9. The lowest BCUT2D eigenvalue weighted by molar-refractivity contribution is 0.0109. The first kappa shape index (κ1) is 10.7. The Morgan fingerprint density at radius 2 is 2.47 bits per heavy atom. The van der Waals surface area contributed by atoms with Gasteiger partial charge in [-0.3, -0.25) is 0 Å². The molecular formula is C9H13BrN2O3. The van der Waals surface area contributed by atoms with Gasteiger partial charge in [-0.15, -0.1) is 0 Å². The molecule has 5 nitrogen and oxygen atoms in total. The highest BCUT2D eigenvalue weighted by Gasteiger charge is 2.33. The maximum absolute atomic E-state index is 10.8. The number of hydrogen-bond acceptors (Lipinski definition) is 3. The van der Waals surface area contributed by atoms with Gasteiger partial charge in [-0.05, 0) is 28.8 Å². The van der Waals surface area contributed by atoms with Gasteiger partial charge in [0.25, 0.3) is 0 Å². The molecule has 0 unspecified atom stereocenters. The molecule has 1 saturated heterocycles. The SMILES string of the molecule is O=C(O)N1CCC[C@H]([C@H]2CC(Br)=NO2)C1. The number of rotatable bonds is 1. The molecule has 2 heterocycles. The first-order chi connectivity index (χ1) is 7.16. The minimum Gasteiger partial charge on any atom is -0.465 e. The van der Waals surface area contributed by atoms with Gasteiger partial charge in [0.15, 0.2) is 0 Å². The average molecular weight is 277 g/mol. The van der Waals surface area contributed by atoms with E-state index >= 15 is 0 Å². The number of oxime groups is 1. The molecule has 0 bridgehead atoms. The first-order valence-corrected chi connectivity index (χ1v) is 5.82. The summed E-state index contributed by atoms with van der Waals surface area (Å²) in [7, 11) is 0. The molecular weight excluding hydrogens is 264 g/mol. The minimum absolute atomic E-state index is 0.0431. The number of piperidine rings is 1. The summed E-state index contributed by atoms with van der Waals surface area (Å²) < 4.78 is 0.819. The second-order valence-corrected chi connectivity index (χ2v) is 4.86. The molecule has 6 heteroatoms. The third-order valence-electron chi connectivity index (χ3n) is 2.91. The topological polar surface area (TPSA) is 62.1 Å². The van der Waals surface area contributed by atoms with Crippen molar-refractivity contribution in [3.05, 3.63) is 0 Å². The summed E-state index contributed by atoms with van der Waals surface area (Å²) in [4.78, 5) is 17.5. The zero-order valence-corrected chi connectivity index (χ0v) is 9.81. The van der Waals surface area contributed by atoms with Crippen molar-refractivity contribution in [1.82, 2.24) is 4.90 Å². The van der Waals surface area contributed by atoms with Crippen LogP contribution in [0.25, 0.3) is 0 Å². The molecule has 0 radical (unpaired) electrons. The van der Waals surface area contributed by atoms with E-state index in [1.807, 2.05) is 0 Å². The van der Waals surface area contributed by atoms with Crippen LogP contribution in [0.15, 0.2) is 5.16 Å². The summed E-state index contributed by atoms with van der Waals surface area (Å²) in [5.41, 5.74) is 0. The molecule has 2 rings (SSSR count). The number of nitrogens with zero attached hydrogens (tertiary/aromatic N) is 2. The highest BCUT2D eigenvalue weighted by Crippen LogP contribution is 2.28. The van der Waals surface area contributed by atoms with E-state index in [-0.39, 0.29) is 12.0 Å². The van der Waals surface area contributed by atoms with Crippen LogP contribution in [0.3, 0.4) is 0 Å². The van der Waals surface area contributed by atoms with Gasteiger partial charge in [0.2, 0.25) is 0 Å². The van der Waals surface area contributed by atoms with Crippen LogP contribution in [0.4, 0.5) is 4.79 Å². The minimum atomic E-state index is -0.835. The van der Waals surface area contributed by atoms with Gasteiger partial charge in [-0.1, -0.05) is 5.16 Å². The second kappa shape index (κ2) is 4.38. The number of carbonyl (C=O) groups is 1. The molecule has 1 fully saturated rings. The fourth-order valence-electron chi connectivity index (χ4n) is 2.11. The number of likely N-dealkylation sites (tertiary alicyclic amines) is 1. The van der Waals surface area contributed by atoms with Crippen molar-refractivity contribution in [3.63, 3.8) is 0 Å². The van der Waals surface area contributed by atoms with Crippen LogP contribution >= 0.6 is 15.9 Å². The van der Waals surface area contributed by atoms with Crippen LogP contribution in [0.2, 0.25) is 0 Å². The number of amides is 1. The van der Waals surface area contributed by atoms with Gasteiger partial charge in [0.05, 0.1) is 0 Å². The van der Waals surface area contributed by atoms with Crippen molar-refractivity contribution in [1.29, 1.82) is 0 Å². The van der Waals surface area contributed by atoms with Crippen molar-refractivity contribution in [2.45, 2.75) is 25.4 Å². The maximum atomic E-state index is 10.8. The highest BCUT2D eigenvalue weighted by molar-refractivity contribution is 9.18. The molecule has 84 valence electrons. The summed E-state index contributed by atoms with van der Waals surface area (Å²) in [5, 5.41) is 12.7. The maximum Gasteiger partial charge on any atom is 0.407 e. The number of halogens is 1. The quantitative estimate of drug-likeness (QED) is 0.795. The Balaban J connectivity index is 1.91. The van der Waals surface area contributed by atoms with E-state index in [2.05, 4.69) is 21.1 Å². The molecule has 0 aromatic carbocycles. The predicted octanol–water partition coefficient (Wildman–Crippen LogP) is 1.87. The first-order valence-electron chi connectivity index (χ1n) is 5.03. The predicted molar refractivity (Wildman–Crippen MR) is 58.2 cm³/mol. The zero-order chi connectivity index (χ0) is 10.8. The van der Waals surface area contributed by atoms with E-state index in [9.17, 15) is 4.79 Å². The van der Waals surface area contributed by atoms with Gasteiger partial charge in [-0.25, -0.2) is 4.79 Å². The van der Waals surface area contributed by atoms with Crippen molar-refractivity contribution >= 4 is 26.6 Å². The normalized spacial score (nSPS) is 31.0. The average Bonchev–Trinajstić information content (AvgIpc) is 2.65. The molecule has 1 amide bonds. The summed E-state index contributed by atoms with van der Waals surface area (Å²) in [6.07, 6.45) is 1.90. The molecule has 0 aromatic rings. The Morgan fingerprint density at radius 3 is 3.07 bits per heavy atom. The fourth-order valence-corrected chi connectivity index (χ4v) is 2.51. The van der Waals surface area contributed by atoms with E-state index in [1.54, 1.807) is 0 Å². The van der Waals surface area contributed by atoms with Crippen LogP contribution in [0.5, 0.6) is 0 Å². The molecule has 2 aliphatic rings. The Bertz CT molecular complexity index is 295. The van der Waals surface area contributed by atoms with Gasteiger partial charge >= 0.3 is 6.09 Å².